The van der Waals surface area contributed by atoms with Gasteiger partial charge in [0, 0.05) is 16.4 Å². The fourth-order valence-electron chi connectivity index (χ4n) is 2.73. The molecule has 0 unspecified atom stereocenters. The number of aromatic nitrogens is 1. The van der Waals surface area contributed by atoms with Gasteiger partial charge in [-0.2, -0.15) is 0 Å². The van der Waals surface area contributed by atoms with Gasteiger partial charge in [-0.25, -0.2) is 4.98 Å². The van der Waals surface area contributed by atoms with Crippen LogP contribution in [0.2, 0.25) is 0 Å². The summed E-state index contributed by atoms with van der Waals surface area (Å²) < 4.78 is 8.07. The number of thiazole rings is 1. The lowest BCUT2D eigenvalue weighted by Gasteiger charge is -2.05. The van der Waals surface area contributed by atoms with E-state index in [0.717, 1.165) is 41.7 Å². The van der Waals surface area contributed by atoms with Crippen molar-refractivity contribution >= 4 is 72.7 Å². The van der Waals surface area contributed by atoms with Gasteiger partial charge in [-0.05, 0) is 60.2 Å². The van der Waals surface area contributed by atoms with Crippen LogP contribution in [0.15, 0.2) is 80.5 Å². The van der Waals surface area contributed by atoms with E-state index in [-0.39, 0.29) is 5.91 Å². The Hall–Kier alpha value is -2.68. The van der Waals surface area contributed by atoms with E-state index < -0.39 is 0 Å². The summed E-state index contributed by atoms with van der Waals surface area (Å²) in [6.45, 7) is 0. The van der Waals surface area contributed by atoms with Crippen LogP contribution in [-0.2, 0) is 4.79 Å². The van der Waals surface area contributed by atoms with Crippen LogP contribution >= 0.6 is 39.0 Å². The first-order valence-corrected chi connectivity index (χ1v) is 12.0. The summed E-state index contributed by atoms with van der Waals surface area (Å²) in [5, 5.41) is 2.88. The molecular weight excluding hydrogens is 494 g/mol. The Morgan fingerprint density at radius 3 is 2.68 bits per heavy atom. The van der Waals surface area contributed by atoms with Crippen LogP contribution in [0.1, 0.15) is 5.56 Å². The molecule has 4 aromatic rings. The zero-order valence-electron chi connectivity index (χ0n) is 16.5. The Morgan fingerprint density at radius 2 is 1.94 bits per heavy atom. The summed E-state index contributed by atoms with van der Waals surface area (Å²) in [6, 6.07) is 21.2. The third-order valence-electron chi connectivity index (χ3n) is 4.29. The maximum Gasteiger partial charge on any atom is 0.234 e. The number of anilines is 1. The lowest BCUT2D eigenvalue weighted by Crippen LogP contribution is -2.13. The zero-order valence-corrected chi connectivity index (χ0v) is 19.8. The number of carbonyl (C=O) groups excluding carboxylic acids is 1. The van der Waals surface area contributed by atoms with Crippen molar-refractivity contribution in [2.45, 2.75) is 4.34 Å². The molecule has 0 aliphatic heterocycles. The van der Waals surface area contributed by atoms with Crippen LogP contribution in [0, 0.1) is 0 Å². The van der Waals surface area contributed by atoms with E-state index in [2.05, 4.69) is 31.2 Å². The fraction of sp³-hybridized carbons (Fsp3) is 0.0870. The number of nitrogens with zero attached hydrogens (tertiary/aromatic N) is 2. The van der Waals surface area contributed by atoms with E-state index in [9.17, 15) is 4.79 Å². The molecule has 1 heterocycles. The first kappa shape index (κ1) is 21.5. The first-order chi connectivity index (χ1) is 15.1. The minimum Gasteiger partial charge on any atom is -0.497 e. The van der Waals surface area contributed by atoms with Gasteiger partial charge in [-0.15, -0.1) is 11.3 Å². The molecule has 0 spiro atoms. The molecule has 0 atom stereocenters. The molecule has 1 aromatic heterocycles. The van der Waals surface area contributed by atoms with Gasteiger partial charge in [0.15, 0.2) is 4.34 Å². The van der Waals surface area contributed by atoms with Gasteiger partial charge in [-0.1, -0.05) is 39.8 Å². The number of nitrogens with one attached hydrogen (secondary N) is 1. The van der Waals surface area contributed by atoms with Gasteiger partial charge in [0.05, 0.1) is 28.8 Å². The first-order valence-electron chi connectivity index (χ1n) is 9.36. The summed E-state index contributed by atoms with van der Waals surface area (Å²) in [4.78, 5) is 21.4. The second kappa shape index (κ2) is 10.1. The highest BCUT2D eigenvalue weighted by molar-refractivity contribution is 9.10. The summed E-state index contributed by atoms with van der Waals surface area (Å²) in [5.41, 5.74) is 3.55. The van der Waals surface area contributed by atoms with Gasteiger partial charge in [0.1, 0.15) is 5.75 Å². The third-order valence-corrected chi connectivity index (χ3v) is 6.98. The van der Waals surface area contributed by atoms with E-state index in [1.807, 2.05) is 72.9 Å². The number of hydrogen-bond acceptors (Lipinski definition) is 6. The SMILES string of the molecule is COc1ccc(NC(=O)CSc2nc3ccc(N=Cc4ccc(Br)cc4)cc3s2)cc1. The zero-order chi connectivity index (χ0) is 21.6. The molecule has 0 fully saturated rings. The van der Waals surface area contributed by atoms with Crippen molar-refractivity contribution in [2.75, 3.05) is 18.2 Å². The van der Waals surface area contributed by atoms with E-state index in [0.29, 0.717) is 5.75 Å². The Bertz CT molecular complexity index is 1220. The molecule has 1 amide bonds. The maximum absolute atomic E-state index is 12.2. The summed E-state index contributed by atoms with van der Waals surface area (Å²) in [6.07, 6.45) is 1.84. The fourth-order valence-corrected chi connectivity index (χ4v) is 4.90. The summed E-state index contributed by atoms with van der Waals surface area (Å²) in [7, 11) is 1.61. The molecule has 0 aliphatic carbocycles. The minimum absolute atomic E-state index is 0.0748. The normalized spacial score (nSPS) is 11.2. The molecule has 0 saturated heterocycles. The van der Waals surface area contributed by atoms with Crippen LogP contribution in [0.4, 0.5) is 11.4 Å². The summed E-state index contributed by atoms with van der Waals surface area (Å²) in [5.74, 6) is 0.970. The van der Waals surface area contributed by atoms with E-state index in [4.69, 9.17) is 4.74 Å². The topological polar surface area (TPSA) is 63.6 Å². The maximum atomic E-state index is 12.2. The van der Waals surface area contributed by atoms with Crippen molar-refractivity contribution in [2.24, 2.45) is 4.99 Å². The number of amides is 1. The molecule has 8 heteroatoms. The number of hydrogen-bond donors (Lipinski definition) is 1. The van der Waals surface area contributed by atoms with Crippen molar-refractivity contribution in [1.29, 1.82) is 0 Å². The van der Waals surface area contributed by atoms with Crippen molar-refractivity contribution in [3.63, 3.8) is 0 Å². The molecular formula is C23H18BrN3O2S2. The van der Waals surface area contributed by atoms with Crippen LogP contribution < -0.4 is 10.1 Å². The van der Waals surface area contributed by atoms with Crippen molar-refractivity contribution < 1.29 is 9.53 Å². The largest absolute Gasteiger partial charge is 0.497 e. The van der Waals surface area contributed by atoms with Gasteiger partial charge in [0.25, 0.3) is 0 Å². The lowest BCUT2D eigenvalue weighted by atomic mass is 10.2. The predicted octanol–water partition coefficient (Wildman–Crippen LogP) is 6.55. The van der Waals surface area contributed by atoms with Crippen LogP contribution in [0.25, 0.3) is 10.2 Å². The Kier molecular flexibility index (Phi) is 7.01. The molecule has 156 valence electrons. The number of ether oxygens (including phenoxy) is 1. The monoisotopic (exact) mass is 511 g/mol. The van der Waals surface area contributed by atoms with Crippen LogP contribution in [0.3, 0.4) is 0 Å². The highest BCUT2D eigenvalue weighted by atomic mass is 79.9. The summed E-state index contributed by atoms with van der Waals surface area (Å²) >= 11 is 6.42. The Morgan fingerprint density at radius 1 is 1.16 bits per heavy atom. The van der Waals surface area contributed by atoms with Crippen LogP contribution in [0.5, 0.6) is 5.75 Å². The number of benzene rings is 3. The average molecular weight is 512 g/mol. The van der Waals surface area contributed by atoms with E-state index in [1.54, 1.807) is 18.4 Å². The molecule has 0 saturated carbocycles. The molecule has 1 N–H and O–H groups in total. The lowest BCUT2D eigenvalue weighted by molar-refractivity contribution is -0.113. The number of halogens is 1. The van der Waals surface area contributed by atoms with Gasteiger partial charge >= 0.3 is 0 Å². The van der Waals surface area contributed by atoms with Gasteiger partial charge in [-0.3, -0.25) is 9.79 Å². The highest BCUT2D eigenvalue weighted by Crippen LogP contribution is 2.32. The van der Waals surface area contributed by atoms with Gasteiger partial charge < -0.3 is 10.1 Å². The Balaban J connectivity index is 1.37. The quantitative estimate of drug-likeness (QED) is 0.225. The number of methoxy groups -OCH3 is 1. The smallest absolute Gasteiger partial charge is 0.234 e. The number of aliphatic imine (C=N–C) groups is 1. The molecule has 3 aromatic carbocycles. The molecule has 4 rings (SSSR count). The standard InChI is InChI=1S/C23H18BrN3O2S2/c1-29-19-9-6-17(7-10-19)26-22(28)14-30-23-27-20-11-8-18(12-21(20)31-23)25-13-15-2-4-16(24)5-3-15/h2-13H,14H2,1H3,(H,26,28). The van der Waals surface area contributed by atoms with Crippen molar-refractivity contribution in [1.82, 2.24) is 4.98 Å². The number of rotatable bonds is 7. The number of fused-ring (bicyclic) bond motifs is 1. The molecule has 0 bridgehead atoms. The second-order valence-corrected chi connectivity index (χ2v) is 9.68. The minimum atomic E-state index is -0.0748. The number of carbonyl (C=O) groups is 1. The van der Waals surface area contributed by atoms with Gasteiger partial charge in [0.2, 0.25) is 5.91 Å². The van der Waals surface area contributed by atoms with Crippen LogP contribution in [-0.4, -0.2) is 30.0 Å². The number of thioether (sulfide) groups is 1. The molecule has 0 aliphatic rings. The van der Waals surface area contributed by atoms with Crippen molar-refractivity contribution in [3.05, 3.63) is 76.8 Å². The average Bonchev–Trinajstić information content (AvgIpc) is 3.20. The molecule has 5 nitrogen and oxygen atoms in total. The van der Waals surface area contributed by atoms with E-state index >= 15 is 0 Å². The van der Waals surface area contributed by atoms with E-state index in [1.165, 1.54) is 11.8 Å². The third kappa shape index (κ3) is 5.94. The highest BCUT2D eigenvalue weighted by Gasteiger charge is 2.09. The molecule has 0 radical (unpaired) electrons. The van der Waals surface area contributed by atoms with Crippen molar-refractivity contribution in [3.8, 4) is 5.75 Å². The predicted molar refractivity (Wildman–Crippen MR) is 133 cm³/mol. The molecule has 31 heavy (non-hydrogen) atoms. The Labute approximate surface area is 196 Å². The second-order valence-electron chi connectivity index (χ2n) is 6.51.